The second-order valence-electron chi connectivity index (χ2n) is 6.12. The number of aliphatic hydroxyl groups is 1. The van der Waals surface area contributed by atoms with Gasteiger partial charge >= 0.3 is 11.9 Å². The van der Waals surface area contributed by atoms with Gasteiger partial charge in [-0.05, 0) is 19.3 Å². The molecular weight excluding hydrogens is 290 g/mol. The fourth-order valence-corrected chi connectivity index (χ4v) is 4.00. The van der Waals surface area contributed by atoms with Crippen LogP contribution in [0.25, 0.3) is 0 Å². The number of hydrogen-bond donors (Lipinski definition) is 3. The standard InChI is InChI=1S/C15H21NO6/c1-3-7-8(13(19)20)4-5-15(16)9(14(21)22-2)6-10(17)12(18)11(7)15/h3,7-11,17H,1,4-6,16H2,2H3,(H,19,20)/t7-,8?,9-,10?,11?,15+/m0/s1. The van der Waals surface area contributed by atoms with Gasteiger partial charge in [-0.2, -0.15) is 0 Å². The Morgan fingerprint density at radius 3 is 2.64 bits per heavy atom. The Morgan fingerprint density at radius 2 is 2.14 bits per heavy atom. The zero-order valence-electron chi connectivity index (χ0n) is 12.4. The fraction of sp³-hybridized carbons (Fsp3) is 0.667. The van der Waals surface area contributed by atoms with Crippen molar-refractivity contribution < 1.29 is 29.3 Å². The van der Waals surface area contributed by atoms with Crippen LogP contribution >= 0.6 is 0 Å². The molecule has 3 unspecified atom stereocenters. The van der Waals surface area contributed by atoms with Gasteiger partial charge in [0.1, 0.15) is 6.10 Å². The molecule has 0 aromatic carbocycles. The van der Waals surface area contributed by atoms with E-state index in [1.54, 1.807) is 0 Å². The van der Waals surface area contributed by atoms with Gasteiger partial charge in [-0.3, -0.25) is 14.4 Å². The van der Waals surface area contributed by atoms with Crippen molar-refractivity contribution in [3.8, 4) is 0 Å². The van der Waals surface area contributed by atoms with E-state index in [4.69, 9.17) is 10.5 Å². The number of esters is 1. The van der Waals surface area contributed by atoms with E-state index in [1.807, 2.05) is 0 Å². The number of aliphatic carboxylic acids is 1. The molecule has 0 radical (unpaired) electrons. The highest BCUT2D eigenvalue weighted by Crippen LogP contribution is 2.49. The highest BCUT2D eigenvalue weighted by atomic mass is 16.5. The first-order valence-electron chi connectivity index (χ1n) is 7.21. The van der Waals surface area contributed by atoms with E-state index in [1.165, 1.54) is 13.2 Å². The predicted molar refractivity (Wildman–Crippen MR) is 75.6 cm³/mol. The molecule has 2 aliphatic carbocycles. The van der Waals surface area contributed by atoms with Gasteiger partial charge in [0.05, 0.1) is 18.9 Å². The summed E-state index contributed by atoms with van der Waals surface area (Å²) < 4.78 is 4.75. The smallest absolute Gasteiger partial charge is 0.310 e. The molecule has 0 amide bonds. The maximum atomic E-state index is 12.4. The van der Waals surface area contributed by atoms with Crippen molar-refractivity contribution in [2.75, 3.05) is 7.11 Å². The van der Waals surface area contributed by atoms with Gasteiger partial charge in [-0.25, -0.2) is 0 Å². The first kappa shape index (κ1) is 16.6. The van der Waals surface area contributed by atoms with Crippen LogP contribution in [0.15, 0.2) is 12.7 Å². The fourth-order valence-electron chi connectivity index (χ4n) is 4.00. The van der Waals surface area contributed by atoms with E-state index in [0.29, 0.717) is 0 Å². The number of carbonyl (C=O) groups excluding carboxylic acids is 2. The number of methoxy groups -OCH3 is 1. The van der Waals surface area contributed by atoms with E-state index < -0.39 is 53.0 Å². The van der Waals surface area contributed by atoms with Crippen LogP contribution in [0.5, 0.6) is 0 Å². The van der Waals surface area contributed by atoms with Gasteiger partial charge in [0, 0.05) is 17.4 Å². The minimum Gasteiger partial charge on any atom is -0.481 e. The predicted octanol–water partition coefficient (Wildman–Crippen LogP) is -0.280. The quantitative estimate of drug-likeness (QED) is 0.483. The van der Waals surface area contributed by atoms with Crippen LogP contribution in [0, 0.1) is 23.7 Å². The molecular formula is C15H21NO6. The van der Waals surface area contributed by atoms with Crippen LogP contribution in [0.2, 0.25) is 0 Å². The number of allylic oxidation sites excluding steroid dienone is 1. The molecule has 0 saturated heterocycles. The first-order chi connectivity index (χ1) is 10.3. The Hall–Kier alpha value is -1.73. The van der Waals surface area contributed by atoms with Crippen molar-refractivity contribution in [1.29, 1.82) is 0 Å². The molecule has 0 aliphatic heterocycles. The molecule has 2 aliphatic rings. The number of carboxylic acid groups (broad SMARTS) is 1. The molecule has 2 rings (SSSR count). The molecule has 4 N–H and O–H groups in total. The lowest BCUT2D eigenvalue weighted by molar-refractivity contribution is -0.165. The largest absolute Gasteiger partial charge is 0.481 e. The summed E-state index contributed by atoms with van der Waals surface area (Å²) in [6.45, 7) is 3.62. The van der Waals surface area contributed by atoms with Crippen LogP contribution in [-0.4, -0.2) is 46.7 Å². The molecule has 0 aromatic heterocycles. The van der Waals surface area contributed by atoms with Crippen LogP contribution in [0.3, 0.4) is 0 Å². The van der Waals surface area contributed by atoms with Gasteiger partial charge in [-0.1, -0.05) is 6.08 Å². The van der Waals surface area contributed by atoms with Gasteiger partial charge in [0.15, 0.2) is 5.78 Å². The van der Waals surface area contributed by atoms with Crippen LogP contribution < -0.4 is 5.73 Å². The minimum atomic E-state index is -1.35. The van der Waals surface area contributed by atoms with Crippen molar-refractivity contribution in [2.24, 2.45) is 29.4 Å². The Balaban J connectivity index is 2.49. The molecule has 0 aromatic rings. The van der Waals surface area contributed by atoms with E-state index in [9.17, 15) is 24.6 Å². The third kappa shape index (κ3) is 2.34. The zero-order chi connectivity index (χ0) is 16.7. The maximum absolute atomic E-state index is 12.4. The summed E-state index contributed by atoms with van der Waals surface area (Å²) in [7, 11) is 1.22. The van der Waals surface area contributed by atoms with Crippen molar-refractivity contribution >= 4 is 17.7 Å². The van der Waals surface area contributed by atoms with Crippen molar-refractivity contribution in [2.45, 2.75) is 30.9 Å². The summed E-state index contributed by atoms with van der Waals surface area (Å²) in [5.41, 5.74) is 5.18. The van der Waals surface area contributed by atoms with Crippen molar-refractivity contribution in [3.05, 3.63) is 12.7 Å². The summed E-state index contributed by atoms with van der Waals surface area (Å²) in [4.78, 5) is 35.9. The molecule has 122 valence electrons. The van der Waals surface area contributed by atoms with Crippen LogP contribution in [0.1, 0.15) is 19.3 Å². The number of carboxylic acids is 1. The summed E-state index contributed by atoms with van der Waals surface area (Å²) in [6.07, 6.45) is 0.405. The van der Waals surface area contributed by atoms with Crippen LogP contribution in [-0.2, 0) is 19.1 Å². The van der Waals surface area contributed by atoms with E-state index >= 15 is 0 Å². The Morgan fingerprint density at radius 1 is 1.50 bits per heavy atom. The summed E-state index contributed by atoms with van der Waals surface area (Å²) >= 11 is 0. The average Bonchev–Trinajstić information content (AvgIpc) is 2.48. The van der Waals surface area contributed by atoms with Crippen molar-refractivity contribution in [1.82, 2.24) is 0 Å². The highest BCUT2D eigenvalue weighted by molar-refractivity contribution is 5.92. The van der Waals surface area contributed by atoms with Gasteiger partial charge < -0.3 is 20.7 Å². The first-order valence-corrected chi connectivity index (χ1v) is 7.21. The molecule has 2 saturated carbocycles. The zero-order valence-corrected chi connectivity index (χ0v) is 12.4. The molecule has 0 bridgehead atoms. The summed E-state index contributed by atoms with van der Waals surface area (Å²) in [5.74, 6) is -5.44. The monoisotopic (exact) mass is 311 g/mol. The van der Waals surface area contributed by atoms with Gasteiger partial charge in [-0.15, -0.1) is 6.58 Å². The van der Waals surface area contributed by atoms with E-state index in [2.05, 4.69) is 6.58 Å². The maximum Gasteiger partial charge on any atom is 0.310 e. The molecule has 0 heterocycles. The lowest BCUT2D eigenvalue weighted by Crippen LogP contribution is -2.68. The summed E-state index contributed by atoms with van der Waals surface area (Å²) in [6, 6.07) is 0. The number of carbonyl (C=O) groups is 3. The molecule has 7 nitrogen and oxygen atoms in total. The number of hydrogen-bond acceptors (Lipinski definition) is 6. The number of fused-ring (bicyclic) bond motifs is 1. The van der Waals surface area contributed by atoms with Crippen molar-refractivity contribution in [3.63, 3.8) is 0 Å². The third-order valence-electron chi connectivity index (χ3n) is 5.13. The molecule has 0 spiro atoms. The molecule has 2 fully saturated rings. The number of Topliss-reactive ketones (excluding diaryl/α,β-unsaturated/α-hetero) is 1. The average molecular weight is 311 g/mol. The number of ether oxygens (including phenoxy) is 1. The van der Waals surface area contributed by atoms with Crippen LogP contribution in [0.4, 0.5) is 0 Å². The number of nitrogens with two attached hydrogens (primary N) is 1. The van der Waals surface area contributed by atoms with E-state index in [0.717, 1.165) is 0 Å². The third-order valence-corrected chi connectivity index (χ3v) is 5.13. The topological polar surface area (TPSA) is 127 Å². The highest BCUT2D eigenvalue weighted by Gasteiger charge is 2.61. The SMILES string of the molecule is C=C[C@H]1C(C(=O)O)CC[C@]2(N)C1C(=O)C(O)C[C@H]2C(=O)OC. The summed E-state index contributed by atoms with van der Waals surface area (Å²) in [5, 5.41) is 19.3. The second kappa shape index (κ2) is 5.81. The van der Waals surface area contributed by atoms with E-state index in [-0.39, 0.29) is 19.3 Å². The lowest BCUT2D eigenvalue weighted by Gasteiger charge is -2.53. The number of ketones is 1. The Kier molecular flexibility index (Phi) is 4.39. The number of aliphatic hydroxyl groups excluding tert-OH is 1. The Labute approximate surface area is 128 Å². The van der Waals surface area contributed by atoms with Gasteiger partial charge in [0.25, 0.3) is 0 Å². The Bertz CT molecular complexity index is 518. The molecule has 22 heavy (non-hydrogen) atoms. The minimum absolute atomic E-state index is 0.0971. The normalized spacial score (nSPS) is 41.4. The molecule has 7 heteroatoms. The second-order valence-corrected chi connectivity index (χ2v) is 6.12. The number of rotatable bonds is 3. The van der Waals surface area contributed by atoms with Gasteiger partial charge in [0.2, 0.25) is 0 Å². The molecule has 6 atom stereocenters. The lowest BCUT2D eigenvalue weighted by atomic mass is 9.53.